The van der Waals surface area contributed by atoms with E-state index in [1.54, 1.807) is 48.8 Å². The lowest BCUT2D eigenvalue weighted by molar-refractivity contribution is 0.0686. The Morgan fingerprint density at radius 1 is 0.657 bits per heavy atom. The van der Waals surface area contributed by atoms with Crippen molar-refractivity contribution in [3.63, 3.8) is 0 Å². The molecule has 3 aromatic carbocycles. The Balaban J connectivity index is 1.76. The second kappa shape index (κ2) is 7.74. The average Bonchev–Trinajstić information content (AvgIpc) is 3.30. The number of fused-ring (bicyclic) bond motifs is 6. The smallest absolute Gasteiger partial charge is 0.335 e. The first-order valence-corrected chi connectivity index (χ1v) is 10.7. The predicted molar refractivity (Wildman–Crippen MR) is 131 cm³/mol. The fourth-order valence-corrected chi connectivity index (χ4v) is 4.39. The van der Waals surface area contributed by atoms with Crippen molar-refractivity contribution in [2.75, 3.05) is 0 Å². The van der Waals surface area contributed by atoms with Gasteiger partial charge in [0.2, 0.25) is 0 Å². The minimum atomic E-state index is -1.01. The van der Waals surface area contributed by atoms with Gasteiger partial charge in [0.25, 0.3) is 0 Å². The van der Waals surface area contributed by atoms with Crippen LogP contribution in [0, 0.1) is 0 Å². The molecule has 0 atom stereocenters. The van der Waals surface area contributed by atoms with Gasteiger partial charge in [-0.3, -0.25) is 14.5 Å². The minimum Gasteiger partial charge on any atom is -0.478 e. The lowest BCUT2D eigenvalue weighted by Crippen LogP contribution is -2.01. The standard InChI is InChI=1S/C27H16N4O4/c32-26(33)16-7-5-15(6-8-16)25-30-23-19-3-1-13-28-21(19)22-20(4-2-14-29-22)24(23)31(25)18-11-9-17(10-12-18)27(34)35/h1-14H,(H,32,33)(H,34,35). The molecule has 0 saturated heterocycles. The van der Waals surface area contributed by atoms with Gasteiger partial charge in [0, 0.05) is 34.4 Å². The average molecular weight is 460 g/mol. The molecule has 0 aliphatic rings. The van der Waals surface area contributed by atoms with Crippen LogP contribution in [0.1, 0.15) is 20.7 Å². The number of hydrogen-bond acceptors (Lipinski definition) is 5. The lowest BCUT2D eigenvalue weighted by Gasteiger charge is -2.12. The molecule has 0 saturated carbocycles. The number of aromatic nitrogens is 4. The third-order valence-electron chi connectivity index (χ3n) is 5.99. The van der Waals surface area contributed by atoms with Crippen LogP contribution in [0.4, 0.5) is 0 Å². The van der Waals surface area contributed by atoms with Crippen LogP contribution < -0.4 is 0 Å². The van der Waals surface area contributed by atoms with Crippen molar-refractivity contribution in [3.8, 4) is 17.1 Å². The van der Waals surface area contributed by atoms with Gasteiger partial charge < -0.3 is 10.2 Å². The second-order valence-electron chi connectivity index (χ2n) is 8.00. The molecule has 35 heavy (non-hydrogen) atoms. The number of carboxylic acid groups (broad SMARTS) is 2. The zero-order valence-electron chi connectivity index (χ0n) is 18.1. The highest BCUT2D eigenvalue weighted by Gasteiger charge is 2.21. The number of carboxylic acids is 2. The van der Waals surface area contributed by atoms with E-state index < -0.39 is 11.9 Å². The number of imidazole rings is 1. The molecule has 6 aromatic rings. The van der Waals surface area contributed by atoms with E-state index in [1.807, 2.05) is 28.8 Å². The summed E-state index contributed by atoms with van der Waals surface area (Å²) in [7, 11) is 0. The van der Waals surface area contributed by atoms with Gasteiger partial charge in [0.1, 0.15) is 5.82 Å². The Morgan fingerprint density at radius 3 is 1.80 bits per heavy atom. The van der Waals surface area contributed by atoms with E-state index in [-0.39, 0.29) is 11.1 Å². The molecule has 2 N–H and O–H groups in total. The molecule has 3 aromatic heterocycles. The van der Waals surface area contributed by atoms with Crippen molar-refractivity contribution >= 4 is 44.8 Å². The van der Waals surface area contributed by atoms with Crippen LogP contribution in [0.3, 0.4) is 0 Å². The normalized spacial score (nSPS) is 11.3. The van der Waals surface area contributed by atoms with Gasteiger partial charge in [-0.1, -0.05) is 12.1 Å². The molecule has 0 radical (unpaired) electrons. The van der Waals surface area contributed by atoms with Crippen LogP contribution in [0.15, 0.2) is 85.2 Å². The third-order valence-corrected chi connectivity index (χ3v) is 5.99. The molecule has 0 aliphatic heterocycles. The van der Waals surface area contributed by atoms with Crippen molar-refractivity contribution in [3.05, 3.63) is 96.3 Å². The lowest BCUT2D eigenvalue weighted by atomic mass is 10.1. The summed E-state index contributed by atoms with van der Waals surface area (Å²) in [6.07, 6.45) is 3.44. The van der Waals surface area contributed by atoms with Gasteiger partial charge in [-0.05, 0) is 60.7 Å². The van der Waals surface area contributed by atoms with Crippen molar-refractivity contribution in [2.45, 2.75) is 0 Å². The summed E-state index contributed by atoms with van der Waals surface area (Å²) < 4.78 is 1.95. The molecule has 3 heterocycles. The largest absolute Gasteiger partial charge is 0.478 e. The molecule has 0 unspecified atom stereocenters. The van der Waals surface area contributed by atoms with Gasteiger partial charge in [-0.15, -0.1) is 0 Å². The maximum absolute atomic E-state index is 11.4. The Hall–Kier alpha value is -5.11. The number of benzene rings is 3. The quantitative estimate of drug-likeness (QED) is 0.348. The summed E-state index contributed by atoms with van der Waals surface area (Å²) in [5, 5.41) is 20.4. The van der Waals surface area contributed by atoms with E-state index in [4.69, 9.17) is 4.98 Å². The summed E-state index contributed by atoms with van der Waals surface area (Å²) in [6, 6.07) is 20.7. The Bertz CT molecular complexity index is 1790. The van der Waals surface area contributed by atoms with Gasteiger partial charge in [-0.2, -0.15) is 0 Å². The van der Waals surface area contributed by atoms with Crippen LogP contribution in [0.25, 0.3) is 49.9 Å². The van der Waals surface area contributed by atoms with Gasteiger partial charge in [0.15, 0.2) is 0 Å². The van der Waals surface area contributed by atoms with Crippen molar-refractivity contribution < 1.29 is 19.8 Å². The molecule has 6 rings (SSSR count). The third kappa shape index (κ3) is 3.19. The second-order valence-corrected chi connectivity index (χ2v) is 8.00. The van der Waals surface area contributed by atoms with Crippen molar-refractivity contribution in [1.29, 1.82) is 0 Å². The summed E-state index contributed by atoms with van der Waals surface area (Å²) in [6.45, 7) is 0. The molecular formula is C27H16N4O4. The maximum Gasteiger partial charge on any atom is 0.335 e. The maximum atomic E-state index is 11.4. The Labute approximate surface area is 197 Å². The summed E-state index contributed by atoms with van der Waals surface area (Å²) >= 11 is 0. The topological polar surface area (TPSA) is 118 Å². The Morgan fingerprint density at radius 2 is 1.20 bits per heavy atom. The first kappa shape index (κ1) is 20.5. The highest BCUT2D eigenvalue weighted by Crippen LogP contribution is 2.37. The van der Waals surface area contributed by atoms with Crippen LogP contribution in [-0.2, 0) is 0 Å². The monoisotopic (exact) mass is 460 g/mol. The molecule has 0 amide bonds. The molecule has 8 heteroatoms. The molecular weight excluding hydrogens is 444 g/mol. The van der Waals surface area contributed by atoms with Gasteiger partial charge in [0.05, 0.1) is 33.2 Å². The highest BCUT2D eigenvalue weighted by molar-refractivity contribution is 6.21. The zero-order chi connectivity index (χ0) is 24.1. The number of carbonyl (C=O) groups is 2. The number of hydrogen-bond donors (Lipinski definition) is 2. The van der Waals surface area contributed by atoms with Crippen LogP contribution in [-0.4, -0.2) is 41.7 Å². The van der Waals surface area contributed by atoms with E-state index in [0.717, 1.165) is 27.3 Å². The molecule has 0 bridgehead atoms. The van der Waals surface area contributed by atoms with Crippen LogP contribution >= 0.6 is 0 Å². The van der Waals surface area contributed by atoms with E-state index in [9.17, 15) is 19.8 Å². The fourth-order valence-electron chi connectivity index (χ4n) is 4.39. The molecule has 168 valence electrons. The van der Waals surface area contributed by atoms with Crippen molar-refractivity contribution in [2.24, 2.45) is 0 Å². The van der Waals surface area contributed by atoms with E-state index >= 15 is 0 Å². The highest BCUT2D eigenvalue weighted by atomic mass is 16.4. The van der Waals surface area contributed by atoms with Crippen LogP contribution in [0.2, 0.25) is 0 Å². The summed E-state index contributed by atoms with van der Waals surface area (Å²) in [5.41, 5.74) is 4.74. The molecule has 8 nitrogen and oxygen atoms in total. The first-order valence-electron chi connectivity index (χ1n) is 10.7. The van der Waals surface area contributed by atoms with Crippen molar-refractivity contribution in [1.82, 2.24) is 19.5 Å². The van der Waals surface area contributed by atoms with Gasteiger partial charge in [-0.25, -0.2) is 14.6 Å². The summed E-state index contributed by atoms with van der Waals surface area (Å²) in [5.74, 6) is -1.44. The predicted octanol–water partition coefficient (Wildman–Crippen LogP) is 5.19. The zero-order valence-corrected chi connectivity index (χ0v) is 18.1. The Kier molecular flexibility index (Phi) is 4.53. The van der Waals surface area contributed by atoms with E-state index in [1.165, 1.54) is 12.1 Å². The van der Waals surface area contributed by atoms with E-state index in [2.05, 4.69) is 9.97 Å². The van der Waals surface area contributed by atoms with Crippen LogP contribution in [0.5, 0.6) is 0 Å². The SMILES string of the molecule is O=C(O)c1ccc(-c2nc3c4cccnc4c4ncccc4c3n2-c2ccc(C(=O)O)cc2)cc1. The molecule has 0 fully saturated rings. The number of pyridine rings is 2. The molecule has 0 spiro atoms. The first-order chi connectivity index (χ1) is 17.0. The summed E-state index contributed by atoms with van der Waals surface area (Å²) in [4.78, 5) is 37.0. The van der Waals surface area contributed by atoms with Gasteiger partial charge >= 0.3 is 11.9 Å². The molecule has 0 aliphatic carbocycles. The fraction of sp³-hybridized carbons (Fsp3) is 0. The number of rotatable bonds is 4. The van der Waals surface area contributed by atoms with E-state index in [0.29, 0.717) is 22.6 Å². The number of nitrogens with zero attached hydrogens (tertiary/aromatic N) is 4. The minimum absolute atomic E-state index is 0.173. The number of aromatic carboxylic acids is 2.